The third-order valence-corrected chi connectivity index (χ3v) is 7.27. The maximum atomic E-state index is 14.0. The van der Waals surface area contributed by atoms with Crippen LogP contribution in [0.1, 0.15) is 95.5 Å². The van der Waals surface area contributed by atoms with Gasteiger partial charge in [0.1, 0.15) is 5.82 Å². The first-order valence-corrected chi connectivity index (χ1v) is 11.2. The Bertz CT molecular complexity index is 576. The van der Waals surface area contributed by atoms with Gasteiger partial charge >= 0.3 is 7.12 Å². The van der Waals surface area contributed by atoms with Crippen LogP contribution in [0.5, 0.6) is 0 Å². The van der Waals surface area contributed by atoms with Crippen molar-refractivity contribution in [2.24, 2.45) is 17.8 Å². The molecule has 2 fully saturated rings. The zero-order chi connectivity index (χ0) is 19.2. The molecule has 2 N–H and O–H groups in total. The molecule has 0 spiro atoms. The molecule has 0 saturated heterocycles. The molecule has 2 aliphatic carbocycles. The first-order chi connectivity index (χ1) is 13.1. The van der Waals surface area contributed by atoms with Crippen molar-refractivity contribution in [2.45, 2.75) is 89.9 Å². The summed E-state index contributed by atoms with van der Waals surface area (Å²) in [5.74, 6) is 2.73. The molecule has 1 aromatic carbocycles. The zero-order valence-corrected chi connectivity index (χ0v) is 16.9. The molecule has 2 saturated carbocycles. The Kier molecular flexibility index (Phi) is 7.78. The van der Waals surface area contributed by atoms with Crippen LogP contribution in [0.15, 0.2) is 18.2 Å². The van der Waals surface area contributed by atoms with E-state index in [-0.39, 0.29) is 5.46 Å². The summed E-state index contributed by atoms with van der Waals surface area (Å²) < 4.78 is 14.0. The highest BCUT2D eigenvalue weighted by Crippen LogP contribution is 2.40. The van der Waals surface area contributed by atoms with Crippen LogP contribution < -0.4 is 5.46 Å². The third kappa shape index (κ3) is 5.81. The van der Waals surface area contributed by atoms with Gasteiger partial charge in [0, 0.05) is 5.46 Å². The highest BCUT2D eigenvalue weighted by molar-refractivity contribution is 6.58. The molecule has 27 heavy (non-hydrogen) atoms. The summed E-state index contributed by atoms with van der Waals surface area (Å²) in [6, 6.07) is 4.91. The number of hydrogen-bond acceptors (Lipinski definition) is 2. The van der Waals surface area contributed by atoms with E-state index in [9.17, 15) is 4.39 Å². The van der Waals surface area contributed by atoms with Gasteiger partial charge in [-0.2, -0.15) is 0 Å². The molecular weight excluding hydrogens is 338 g/mol. The van der Waals surface area contributed by atoms with Gasteiger partial charge in [0.2, 0.25) is 0 Å². The van der Waals surface area contributed by atoms with Crippen molar-refractivity contribution in [3.63, 3.8) is 0 Å². The van der Waals surface area contributed by atoms with Crippen LogP contribution in [0.4, 0.5) is 4.39 Å². The highest BCUT2D eigenvalue weighted by atomic mass is 19.1. The predicted octanol–water partition coefficient (Wildman–Crippen LogP) is 5.17. The molecule has 0 radical (unpaired) electrons. The Morgan fingerprint density at radius 3 is 1.85 bits per heavy atom. The Morgan fingerprint density at radius 2 is 1.37 bits per heavy atom. The fourth-order valence-electron chi connectivity index (χ4n) is 5.48. The maximum Gasteiger partial charge on any atom is 0.491 e. The Balaban J connectivity index is 1.40. The molecule has 150 valence electrons. The van der Waals surface area contributed by atoms with Crippen molar-refractivity contribution in [1.82, 2.24) is 0 Å². The van der Waals surface area contributed by atoms with Crippen molar-refractivity contribution in [3.05, 3.63) is 29.6 Å². The molecule has 0 heterocycles. The van der Waals surface area contributed by atoms with Gasteiger partial charge in [0.15, 0.2) is 0 Å². The second-order valence-corrected chi connectivity index (χ2v) is 9.13. The van der Waals surface area contributed by atoms with Crippen LogP contribution in [0.25, 0.3) is 0 Å². The van der Waals surface area contributed by atoms with Gasteiger partial charge in [-0.1, -0.05) is 70.4 Å². The van der Waals surface area contributed by atoms with E-state index in [0.717, 1.165) is 36.2 Å². The number of benzene rings is 1. The molecule has 0 amide bonds. The standard InChI is InChI=1S/C23H36BFO2/c1-2-3-17-4-6-18(7-5-17)8-9-19-10-12-20(13-11-19)21-14-15-22(24(26)27)23(25)16-21/h14-20,26-27H,2-13H2,1H3/t17-,18-,19-,20-. The summed E-state index contributed by atoms with van der Waals surface area (Å²) in [5.41, 5.74) is 0.991. The zero-order valence-electron chi connectivity index (χ0n) is 16.9. The van der Waals surface area contributed by atoms with E-state index in [2.05, 4.69) is 6.92 Å². The van der Waals surface area contributed by atoms with E-state index in [1.165, 1.54) is 76.3 Å². The van der Waals surface area contributed by atoms with Gasteiger partial charge in [-0.05, 0) is 61.0 Å². The van der Waals surface area contributed by atoms with Gasteiger partial charge in [-0.3, -0.25) is 0 Å². The lowest BCUT2D eigenvalue weighted by atomic mass is 9.73. The minimum absolute atomic E-state index is 0.0268. The van der Waals surface area contributed by atoms with Gasteiger partial charge in [-0.15, -0.1) is 0 Å². The molecular formula is C23H36BFO2. The minimum Gasteiger partial charge on any atom is -0.423 e. The topological polar surface area (TPSA) is 40.5 Å². The monoisotopic (exact) mass is 374 g/mol. The van der Waals surface area contributed by atoms with E-state index in [4.69, 9.17) is 10.0 Å². The predicted molar refractivity (Wildman–Crippen MR) is 111 cm³/mol. The lowest BCUT2D eigenvalue weighted by Gasteiger charge is -2.32. The molecule has 0 aliphatic heterocycles. The number of halogens is 1. The fourth-order valence-corrected chi connectivity index (χ4v) is 5.48. The van der Waals surface area contributed by atoms with E-state index in [1.807, 2.05) is 6.07 Å². The lowest BCUT2D eigenvalue weighted by Crippen LogP contribution is -2.32. The molecule has 4 heteroatoms. The van der Waals surface area contributed by atoms with Crippen LogP contribution in [-0.2, 0) is 0 Å². The average molecular weight is 374 g/mol. The van der Waals surface area contributed by atoms with Crippen LogP contribution in [0, 0.1) is 23.6 Å². The van der Waals surface area contributed by atoms with Crippen molar-refractivity contribution in [2.75, 3.05) is 0 Å². The normalized spacial score (nSPS) is 28.9. The first-order valence-electron chi connectivity index (χ1n) is 11.2. The third-order valence-electron chi connectivity index (χ3n) is 7.27. The lowest BCUT2D eigenvalue weighted by molar-refractivity contribution is 0.224. The average Bonchev–Trinajstić information content (AvgIpc) is 2.68. The summed E-state index contributed by atoms with van der Waals surface area (Å²) in [6.07, 6.45) is 16.1. The molecule has 0 unspecified atom stereocenters. The maximum absolute atomic E-state index is 14.0. The van der Waals surface area contributed by atoms with E-state index < -0.39 is 12.9 Å². The summed E-state index contributed by atoms with van der Waals surface area (Å²) in [7, 11) is -1.73. The molecule has 0 aromatic heterocycles. The van der Waals surface area contributed by atoms with Crippen LogP contribution in [-0.4, -0.2) is 17.2 Å². The second kappa shape index (κ2) is 10.1. The molecule has 1 aromatic rings. The summed E-state index contributed by atoms with van der Waals surface area (Å²) in [4.78, 5) is 0. The van der Waals surface area contributed by atoms with E-state index in [1.54, 1.807) is 0 Å². The quantitative estimate of drug-likeness (QED) is 0.647. The van der Waals surface area contributed by atoms with Crippen LogP contribution >= 0.6 is 0 Å². The van der Waals surface area contributed by atoms with Crippen molar-refractivity contribution in [3.8, 4) is 0 Å². The number of hydrogen-bond donors (Lipinski definition) is 2. The fraction of sp³-hybridized carbons (Fsp3) is 0.739. The minimum atomic E-state index is -1.73. The molecule has 0 atom stereocenters. The summed E-state index contributed by atoms with van der Waals surface area (Å²) in [6.45, 7) is 2.31. The second-order valence-electron chi connectivity index (χ2n) is 9.13. The van der Waals surface area contributed by atoms with Crippen molar-refractivity contribution < 1.29 is 14.4 Å². The molecule has 2 nitrogen and oxygen atoms in total. The van der Waals surface area contributed by atoms with Crippen molar-refractivity contribution >= 4 is 12.6 Å². The molecule has 0 bridgehead atoms. The Labute approximate surface area is 164 Å². The molecule has 3 rings (SSSR count). The Morgan fingerprint density at radius 1 is 0.852 bits per heavy atom. The Hall–Kier alpha value is -0.865. The van der Waals surface area contributed by atoms with Crippen molar-refractivity contribution in [1.29, 1.82) is 0 Å². The smallest absolute Gasteiger partial charge is 0.423 e. The molecule has 2 aliphatic rings. The highest BCUT2D eigenvalue weighted by Gasteiger charge is 2.26. The van der Waals surface area contributed by atoms with Crippen LogP contribution in [0.3, 0.4) is 0 Å². The van der Waals surface area contributed by atoms with E-state index >= 15 is 0 Å². The van der Waals surface area contributed by atoms with Gasteiger partial charge in [-0.25, -0.2) is 4.39 Å². The SMILES string of the molecule is CCC[C@H]1CC[C@H](CC[C@H]2CC[C@H](c3ccc(B(O)O)c(F)c3)CC2)CC1. The van der Waals surface area contributed by atoms with Crippen LogP contribution in [0.2, 0.25) is 0 Å². The summed E-state index contributed by atoms with van der Waals surface area (Å²) in [5, 5.41) is 18.3. The number of rotatable bonds is 7. The first kappa shape index (κ1) is 20.9. The van der Waals surface area contributed by atoms with E-state index in [0.29, 0.717) is 5.92 Å². The van der Waals surface area contributed by atoms with Gasteiger partial charge in [0.05, 0.1) is 0 Å². The van der Waals surface area contributed by atoms with Gasteiger partial charge in [0.25, 0.3) is 0 Å². The largest absolute Gasteiger partial charge is 0.491 e. The summed E-state index contributed by atoms with van der Waals surface area (Å²) >= 11 is 0. The van der Waals surface area contributed by atoms with Gasteiger partial charge < -0.3 is 10.0 Å².